The van der Waals surface area contributed by atoms with Crippen LogP contribution in [0.2, 0.25) is 0 Å². The van der Waals surface area contributed by atoms with E-state index in [9.17, 15) is 9.59 Å². The van der Waals surface area contributed by atoms with E-state index in [1.807, 2.05) is 30.3 Å². The van der Waals surface area contributed by atoms with Crippen LogP contribution in [0.1, 0.15) is 12.0 Å². The SMILES string of the molecule is O=C(N[C@@H](CCI)C(=O)O)OCc1ccccc1. The molecular formula is C12H14INO4. The average Bonchev–Trinajstić information content (AvgIpc) is 2.37. The van der Waals surface area contributed by atoms with E-state index in [1.54, 1.807) is 0 Å². The largest absolute Gasteiger partial charge is 0.480 e. The zero-order valence-corrected chi connectivity index (χ0v) is 11.8. The van der Waals surface area contributed by atoms with Crippen LogP contribution in [0.15, 0.2) is 30.3 Å². The zero-order chi connectivity index (χ0) is 13.4. The number of alkyl carbamates (subject to hydrolysis) is 1. The molecule has 0 aromatic heterocycles. The second kappa shape index (κ2) is 7.91. The minimum absolute atomic E-state index is 0.128. The number of carbonyl (C=O) groups excluding carboxylic acids is 1. The number of carboxylic acid groups (broad SMARTS) is 1. The highest BCUT2D eigenvalue weighted by Crippen LogP contribution is 2.02. The molecule has 0 aliphatic rings. The second-order valence-corrected chi connectivity index (χ2v) is 4.65. The van der Waals surface area contributed by atoms with Crippen LogP contribution in [0, 0.1) is 0 Å². The Bertz CT molecular complexity index is 396. The van der Waals surface area contributed by atoms with E-state index >= 15 is 0 Å². The summed E-state index contributed by atoms with van der Waals surface area (Å²) in [5, 5.41) is 11.2. The summed E-state index contributed by atoms with van der Waals surface area (Å²) in [6.45, 7) is 0.128. The van der Waals surface area contributed by atoms with Gasteiger partial charge in [-0.25, -0.2) is 9.59 Å². The van der Waals surface area contributed by atoms with Crippen molar-refractivity contribution < 1.29 is 19.4 Å². The van der Waals surface area contributed by atoms with Crippen molar-refractivity contribution in [3.05, 3.63) is 35.9 Å². The number of carboxylic acids is 1. The molecule has 0 radical (unpaired) electrons. The van der Waals surface area contributed by atoms with Crippen molar-refractivity contribution in [1.29, 1.82) is 0 Å². The number of carbonyl (C=O) groups is 2. The van der Waals surface area contributed by atoms with E-state index in [4.69, 9.17) is 9.84 Å². The van der Waals surface area contributed by atoms with Crippen molar-refractivity contribution in [2.75, 3.05) is 4.43 Å². The molecule has 0 aliphatic carbocycles. The smallest absolute Gasteiger partial charge is 0.408 e. The van der Waals surface area contributed by atoms with E-state index in [2.05, 4.69) is 27.9 Å². The Labute approximate surface area is 119 Å². The predicted molar refractivity (Wildman–Crippen MR) is 74.7 cm³/mol. The monoisotopic (exact) mass is 363 g/mol. The first-order valence-corrected chi connectivity index (χ1v) is 6.92. The lowest BCUT2D eigenvalue weighted by Gasteiger charge is -2.13. The van der Waals surface area contributed by atoms with E-state index in [0.717, 1.165) is 5.56 Å². The number of hydrogen-bond donors (Lipinski definition) is 2. The number of nitrogens with one attached hydrogen (secondary N) is 1. The fourth-order valence-electron chi connectivity index (χ4n) is 1.27. The molecule has 2 N–H and O–H groups in total. The summed E-state index contributed by atoms with van der Waals surface area (Å²) in [7, 11) is 0. The number of halogens is 1. The van der Waals surface area contributed by atoms with Crippen molar-refractivity contribution in [2.24, 2.45) is 0 Å². The van der Waals surface area contributed by atoms with Crippen molar-refractivity contribution in [3.8, 4) is 0 Å². The number of benzene rings is 1. The molecule has 5 nitrogen and oxygen atoms in total. The van der Waals surface area contributed by atoms with E-state index < -0.39 is 18.1 Å². The summed E-state index contributed by atoms with van der Waals surface area (Å²) in [4.78, 5) is 22.2. The lowest BCUT2D eigenvalue weighted by molar-refractivity contribution is -0.139. The second-order valence-electron chi connectivity index (χ2n) is 3.57. The van der Waals surface area contributed by atoms with Crippen LogP contribution in [-0.4, -0.2) is 27.6 Å². The summed E-state index contributed by atoms with van der Waals surface area (Å²) >= 11 is 2.06. The lowest BCUT2D eigenvalue weighted by Crippen LogP contribution is -2.41. The quantitative estimate of drug-likeness (QED) is 0.600. The van der Waals surface area contributed by atoms with Crippen LogP contribution in [0.4, 0.5) is 4.79 Å². The molecule has 0 heterocycles. The summed E-state index contributed by atoms with van der Waals surface area (Å²) in [5.41, 5.74) is 0.855. The molecule has 0 fully saturated rings. The van der Waals surface area contributed by atoms with Crippen molar-refractivity contribution in [2.45, 2.75) is 19.1 Å². The first kappa shape index (κ1) is 14.7. The van der Waals surface area contributed by atoms with Gasteiger partial charge >= 0.3 is 12.1 Å². The normalized spacial score (nSPS) is 11.6. The van der Waals surface area contributed by atoms with E-state index in [-0.39, 0.29) is 6.61 Å². The Morgan fingerprint density at radius 2 is 2.00 bits per heavy atom. The number of aliphatic carboxylic acids is 1. The Kier molecular flexibility index (Phi) is 6.48. The molecule has 0 saturated heterocycles. The zero-order valence-electron chi connectivity index (χ0n) is 9.64. The van der Waals surface area contributed by atoms with Crippen LogP contribution in [-0.2, 0) is 16.1 Å². The van der Waals surface area contributed by atoms with Crippen LogP contribution in [0.5, 0.6) is 0 Å². The van der Waals surface area contributed by atoms with Gasteiger partial charge in [0.15, 0.2) is 0 Å². The number of ether oxygens (including phenoxy) is 1. The Morgan fingerprint density at radius 1 is 1.33 bits per heavy atom. The Balaban J connectivity index is 2.39. The lowest BCUT2D eigenvalue weighted by atomic mass is 10.2. The molecule has 6 heteroatoms. The molecule has 0 saturated carbocycles. The number of amides is 1. The molecule has 1 amide bonds. The molecule has 0 aliphatic heterocycles. The number of rotatable bonds is 6. The van der Waals surface area contributed by atoms with Gasteiger partial charge in [-0.15, -0.1) is 0 Å². The summed E-state index contributed by atoms with van der Waals surface area (Å²) in [6.07, 6.45) is -0.341. The van der Waals surface area contributed by atoms with Gasteiger partial charge in [-0.3, -0.25) is 0 Å². The van der Waals surface area contributed by atoms with E-state index in [1.165, 1.54) is 0 Å². The third-order valence-electron chi connectivity index (χ3n) is 2.20. The maximum Gasteiger partial charge on any atom is 0.408 e. The minimum atomic E-state index is -1.05. The molecule has 1 aromatic carbocycles. The Hall–Kier alpha value is -1.31. The van der Waals surface area contributed by atoms with Gasteiger partial charge in [0.25, 0.3) is 0 Å². The summed E-state index contributed by atoms with van der Waals surface area (Å²) in [5.74, 6) is -1.05. The van der Waals surface area contributed by atoms with Gasteiger partial charge < -0.3 is 15.2 Å². The minimum Gasteiger partial charge on any atom is -0.480 e. The van der Waals surface area contributed by atoms with E-state index in [0.29, 0.717) is 10.8 Å². The third kappa shape index (κ3) is 5.35. The Morgan fingerprint density at radius 3 is 2.56 bits per heavy atom. The van der Waals surface area contributed by atoms with Gasteiger partial charge in [-0.05, 0) is 12.0 Å². The van der Waals surface area contributed by atoms with Gasteiger partial charge in [-0.1, -0.05) is 52.9 Å². The van der Waals surface area contributed by atoms with Gasteiger partial charge in [0.05, 0.1) is 0 Å². The average molecular weight is 363 g/mol. The van der Waals surface area contributed by atoms with Crippen LogP contribution in [0.3, 0.4) is 0 Å². The van der Waals surface area contributed by atoms with Crippen molar-refractivity contribution >= 4 is 34.7 Å². The summed E-state index contributed by atoms with van der Waals surface area (Å²) in [6, 6.07) is 8.30. The standard InChI is InChI=1S/C12H14INO4/c13-7-6-10(11(15)16)14-12(17)18-8-9-4-2-1-3-5-9/h1-5,10H,6-8H2,(H,14,17)(H,15,16)/t10-/m0/s1. The van der Waals surface area contributed by atoms with Crippen LogP contribution in [0.25, 0.3) is 0 Å². The van der Waals surface area contributed by atoms with Gasteiger partial charge in [0, 0.05) is 4.43 Å². The predicted octanol–water partition coefficient (Wildman–Crippen LogP) is 2.19. The van der Waals surface area contributed by atoms with Crippen LogP contribution < -0.4 is 5.32 Å². The number of alkyl halides is 1. The fraction of sp³-hybridized carbons (Fsp3) is 0.333. The highest BCUT2D eigenvalue weighted by molar-refractivity contribution is 14.1. The van der Waals surface area contributed by atoms with Gasteiger partial charge in [-0.2, -0.15) is 0 Å². The third-order valence-corrected chi connectivity index (χ3v) is 2.82. The fourth-order valence-corrected chi connectivity index (χ4v) is 1.90. The molecule has 0 bridgehead atoms. The molecule has 1 atom stereocenters. The summed E-state index contributed by atoms with van der Waals surface area (Å²) < 4.78 is 5.59. The van der Waals surface area contributed by atoms with Gasteiger partial charge in [0.1, 0.15) is 12.6 Å². The molecular weight excluding hydrogens is 349 g/mol. The molecule has 0 spiro atoms. The number of hydrogen-bond acceptors (Lipinski definition) is 3. The van der Waals surface area contributed by atoms with Crippen molar-refractivity contribution in [3.63, 3.8) is 0 Å². The molecule has 0 unspecified atom stereocenters. The maximum absolute atomic E-state index is 11.4. The highest BCUT2D eigenvalue weighted by atomic mass is 127. The van der Waals surface area contributed by atoms with Crippen molar-refractivity contribution in [1.82, 2.24) is 5.32 Å². The molecule has 1 aromatic rings. The first-order valence-electron chi connectivity index (χ1n) is 5.39. The van der Waals surface area contributed by atoms with Crippen LogP contribution >= 0.6 is 22.6 Å². The molecule has 98 valence electrons. The maximum atomic E-state index is 11.4. The topological polar surface area (TPSA) is 75.6 Å². The molecule has 18 heavy (non-hydrogen) atoms. The first-order chi connectivity index (χ1) is 8.63. The highest BCUT2D eigenvalue weighted by Gasteiger charge is 2.19. The molecule has 1 rings (SSSR count). The van der Waals surface area contributed by atoms with Gasteiger partial charge in [0.2, 0.25) is 0 Å².